The summed E-state index contributed by atoms with van der Waals surface area (Å²) in [5, 5.41) is 13.4. The average Bonchev–Trinajstić information content (AvgIpc) is 3.28. The number of phenolic OH excluding ortho intramolecular Hbond substituents is 1. The molecule has 2 aromatic carbocycles. The first-order valence-electron chi connectivity index (χ1n) is 9.05. The molecule has 1 atom stereocenters. The van der Waals surface area contributed by atoms with E-state index in [4.69, 9.17) is 11.6 Å². The molecule has 4 nitrogen and oxygen atoms in total. The fourth-order valence-electron chi connectivity index (χ4n) is 4.02. The van der Waals surface area contributed by atoms with Crippen LogP contribution in [0.2, 0.25) is 0 Å². The minimum absolute atomic E-state index is 0.0155. The Labute approximate surface area is 173 Å². The first-order chi connectivity index (χ1) is 13.6. The number of alkyl halides is 1. The molecule has 1 aliphatic heterocycles. The molecule has 5 rings (SSSR count). The number of carbonyl (C=O) groups is 1. The molecule has 0 saturated carbocycles. The zero-order valence-electron chi connectivity index (χ0n) is 15.1. The van der Waals surface area contributed by atoms with E-state index in [-0.39, 0.29) is 32.1 Å². The van der Waals surface area contributed by atoms with Gasteiger partial charge in [0.05, 0.1) is 0 Å². The number of rotatable bonds is 2. The summed E-state index contributed by atoms with van der Waals surface area (Å²) in [7, 11) is 0. The van der Waals surface area contributed by atoms with Crippen molar-refractivity contribution in [2.24, 2.45) is 0 Å². The second-order valence-electron chi connectivity index (χ2n) is 7.15. The predicted octanol–water partition coefficient (Wildman–Crippen LogP) is 4.44. The van der Waals surface area contributed by atoms with E-state index in [9.17, 15) is 9.90 Å². The molecule has 0 spiro atoms. The van der Waals surface area contributed by atoms with Crippen LogP contribution < -0.4 is 4.90 Å². The Kier molecular flexibility index (Phi) is 4.20. The van der Waals surface area contributed by atoms with Gasteiger partial charge in [-0.05, 0) is 0 Å². The van der Waals surface area contributed by atoms with Crippen LogP contribution in [-0.2, 0) is 0 Å². The number of carbonyl (C=O) groups excluding carboxylic acids is 1. The Bertz CT molecular complexity index is 1220. The molecule has 0 unspecified atom stereocenters. The molecule has 1 N–H and O–H groups in total. The first kappa shape index (κ1) is 17.7. The zero-order valence-corrected chi connectivity index (χ0v) is 17.6. The topological polar surface area (TPSA) is 53.4 Å². The number of hydrogen-bond acceptors (Lipinski definition) is 3. The molecule has 0 aliphatic carbocycles. The van der Waals surface area contributed by atoms with Crippen LogP contribution in [0.25, 0.3) is 20.5 Å². The van der Waals surface area contributed by atoms with Crippen LogP contribution in [0.3, 0.4) is 0 Å². The molecule has 0 bridgehead atoms. The third-order valence-corrected chi connectivity index (χ3v) is 7.90. The normalized spacial score (nSPS) is 16.1. The second-order valence-corrected chi connectivity index (χ2v) is 9.62. The molecule has 2 aromatic heterocycles. The summed E-state index contributed by atoms with van der Waals surface area (Å²) in [6, 6.07) is 13.5. The van der Waals surface area contributed by atoms with Crippen LogP contribution >= 0.6 is 11.6 Å². The van der Waals surface area contributed by atoms with Crippen LogP contribution in [0.15, 0.2) is 48.7 Å². The van der Waals surface area contributed by atoms with Crippen molar-refractivity contribution in [1.29, 1.82) is 0 Å². The SMILES string of the molecule is Cc1ccc2c(O)cc3c(c2c1)[C@H](CCl)CN3C(=O)c1cc2cccnc2[se]1. The summed E-state index contributed by atoms with van der Waals surface area (Å²) in [5.74, 6) is 0.646. The summed E-state index contributed by atoms with van der Waals surface area (Å²) in [5.41, 5.74) is 2.94. The predicted molar refractivity (Wildman–Crippen MR) is 114 cm³/mol. The quantitative estimate of drug-likeness (QED) is 0.359. The van der Waals surface area contributed by atoms with Crippen molar-refractivity contribution in [1.82, 2.24) is 4.98 Å². The number of anilines is 1. The Morgan fingerprint density at radius 2 is 2.14 bits per heavy atom. The van der Waals surface area contributed by atoms with E-state index in [0.717, 1.165) is 41.8 Å². The van der Waals surface area contributed by atoms with E-state index in [1.54, 1.807) is 17.2 Å². The molecule has 1 aliphatic rings. The zero-order chi connectivity index (χ0) is 19.4. The Balaban J connectivity index is 1.67. The number of aromatic nitrogens is 1. The summed E-state index contributed by atoms with van der Waals surface area (Å²) < 4.78 is 1.77. The van der Waals surface area contributed by atoms with Gasteiger partial charge in [0.25, 0.3) is 0 Å². The van der Waals surface area contributed by atoms with E-state index in [1.807, 2.05) is 37.3 Å². The van der Waals surface area contributed by atoms with Gasteiger partial charge < -0.3 is 0 Å². The van der Waals surface area contributed by atoms with Gasteiger partial charge in [0, 0.05) is 0 Å². The van der Waals surface area contributed by atoms with Gasteiger partial charge in [0.2, 0.25) is 0 Å². The van der Waals surface area contributed by atoms with Gasteiger partial charge in [-0.2, -0.15) is 0 Å². The Morgan fingerprint density at radius 3 is 2.93 bits per heavy atom. The van der Waals surface area contributed by atoms with E-state index in [2.05, 4.69) is 11.1 Å². The number of nitrogens with zero attached hydrogens (tertiary/aromatic N) is 2. The number of fused-ring (bicyclic) bond motifs is 4. The van der Waals surface area contributed by atoms with Gasteiger partial charge in [-0.1, -0.05) is 0 Å². The number of aryl methyl sites for hydroxylation is 1. The molecule has 0 saturated heterocycles. The van der Waals surface area contributed by atoms with Crippen LogP contribution in [0.1, 0.15) is 26.3 Å². The molecule has 0 radical (unpaired) electrons. The fraction of sp³-hybridized carbons (Fsp3) is 0.182. The van der Waals surface area contributed by atoms with Crippen molar-refractivity contribution in [3.63, 3.8) is 0 Å². The maximum absolute atomic E-state index is 13.4. The number of phenols is 1. The van der Waals surface area contributed by atoms with Gasteiger partial charge in [-0.15, -0.1) is 0 Å². The van der Waals surface area contributed by atoms with Gasteiger partial charge >= 0.3 is 173 Å². The summed E-state index contributed by atoms with van der Waals surface area (Å²) in [4.78, 5) is 19.6. The number of hydrogen-bond donors (Lipinski definition) is 1. The van der Waals surface area contributed by atoms with E-state index in [0.29, 0.717) is 12.4 Å². The van der Waals surface area contributed by atoms with Crippen molar-refractivity contribution >= 4 is 58.2 Å². The summed E-state index contributed by atoms with van der Waals surface area (Å²) in [6.07, 6.45) is 1.77. The van der Waals surface area contributed by atoms with Crippen LogP contribution in [0.5, 0.6) is 5.75 Å². The van der Waals surface area contributed by atoms with E-state index >= 15 is 0 Å². The van der Waals surface area contributed by atoms with Crippen molar-refractivity contribution < 1.29 is 9.90 Å². The van der Waals surface area contributed by atoms with Gasteiger partial charge in [-0.25, -0.2) is 0 Å². The summed E-state index contributed by atoms with van der Waals surface area (Å²) >= 11 is 6.19. The van der Waals surface area contributed by atoms with Crippen molar-refractivity contribution in [2.75, 3.05) is 17.3 Å². The van der Waals surface area contributed by atoms with Crippen molar-refractivity contribution in [2.45, 2.75) is 12.8 Å². The molecular weight excluding hydrogens is 439 g/mol. The van der Waals surface area contributed by atoms with Crippen molar-refractivity contribution in [3.05, 3.63) is 64.2 Å². The first-order valence-corrected chi connectivity index (χ1v) is 11.3. The van der Waals surface area contributed by atoms with E-state index in [1.165, 1.54) is 0 Å². The average molecular weight is 456 g/mol. The second kappa shape index (κ2) is 6.63. The maximum atomic E-state index is 13.4. The van der Waals surface area contributed by atoms with Gasteiger partial charge in [-0.3, -0.25) is 0 Å². The monoisotopic (exact) mass is 456 g/mol. The number of benzene rings is 2. The van der Waals surface area contributed by atoms with Crippen LogP contribution in [0, 0.1) is 6.92 Å². The van der Waals surface area contributed by atoms with Crippen LogP contribution in [-0.4, -0.2) is 42.9 Å². The Morgan fingerprint density at radius 1 is 1.29 bits per heavy atom. The Hall–Kier alpha value is -2.33. The molecule has 0 fully saturated rings. The third-order valence-electron chi connectivity index (χ3n) is 5.33. The molecule has 6 heteroatoms. The minimum atomic E-state index is -0.109. The van der Waals surface area contributed by atoms with E-state index < -0.39 is 0 Å². The number of halogens is 1. The van der Waals surface area contributed by atoms with Crippen molar-refractivity contribution in [3.8, 4) is 5.75 Å². The van der Waals surface area contributed by atoms with Gasteiger partial charge in [0.1, 0.15) is 0 Å². The van der Waals surface area contributed by atoms with Crippen LogP contribution in [0.4, 0.5) is 5.69 Å². The summed E-state index contributed by atoms with van der Waals surface area (Å²) in [6.45, 7) is 2.56. The molecule has 3 heterocycles. The molecular formula is C22H17ClN2O2Se. The number of amides is 1. The van der Waals surface area contributed by atoms with Gasteiger partial charge in [0.15, 0.2) is 0 Å². The molecule has 28 heavy (non-hydrogen) atoms. The molecule has 4 aromatic rings. The standard InChI is InChI=1S/C22H17ClN2O2Se/c1-12-4-5-15-16(7-12)20-14(10-23)11-25(17(20)9-18(15)26)22(27)19-8-13-3-2-6-24-21(13)28-19/h2-9,14,26H,10-11H2,1H3/t14-/m1/s1. The number of aromatic hydroxyl groups is 1. The fourth-order valence-corrected chi connectivity index (χ4v) is 6.26. The molecule has 1 amide bonds. The molecule has 140 valence electrons. The third kappa shape index (κ3) is 2.66. The number of pyridine rings is 1.